The van der Waals surface area contributed by atoms with Gasteiger partial charge in [-0.1, -0.05) is 36.4 Å². The number of carbonyl (C=O) groups is 1. The predicted octanol–water partition coefficient (Wildman–Crippen LogP) is 3.45. The van der Waals surface area contributed by atoms with Gasteiger partial charge in [0.15, 0.2) is 0 Å². The topological polar surface area (TPSA) is 70.6 Å². The lowest BCUT2D eigenvalue weighted by Crippen LogP contribution is -2.20. The lowest BCUT2D eigenvalue weighted by atomic mass is 10.2. The first-order valence-electron chi connectivity index (χ1n) is 7.23. The van der Waals surface area contributed by atoms with Crippen molar-refractivity contribution >= 4 is 29.1 Å². The van der Waals surface area contributed by atoms with Crippen molar-refractivity contribution in [1.29, 1.82) is 0 Å². The van der Waals surface area contributed by atoms with Crippen molar-refractivity contribution in [1.82, 2.24) is 0 Å². The van der Waals surface area contributed by atoms with Gasteiger partial charge in [-0.25, -0.2) is 4.79 Å². The maximum absolute atomic E-state index is 11.8. The molecule has 0 aliphatic rings. The minimum absolute atomic E-state index is 0.163. The van der Waals surface area contributed by atoms with Crippen molar-refractivity contribution in [3.05, 3.63) is 60.2 Å². The molecule has 0 saturated carbocycles. The van der Waals surface area contributed by atoms with E-state index in [1.807, 2.05) is 36.4 Å². The second kappa shape index (κ2) is 9.02. The quantitative estimate of drug-likeness (QED) is 0.678. The lowest BCUT2D eigenvalue weighted by molar-refractivity contribution is 0.155. The Bertz CT molecular complexity index is 622. The van der Waals surface area contributed by atoms with E-state index in [2.05, 4.69) is 10.6 Å². The first-order valence-corrected chi connectivity index (χ1v) is 7.76. The molecule has 1 atom stereocenters. The molecule has 0 fully saturated rings. The first kappa shape index (κ1) is 17.1. The van der Waals surface area contributed by atoms with E-state index in [1.54, 1.807) is 18.2 Å². The number of anilines is 2. The van der Waals surface area contributed by atoms with Crippen molar-refractivity contribution in [3.8, 4) is 0 Å². The van der Waals surface area contributed by atoms with Gasteiger partial charge in [0.1, 0.15) is 6.61 Å². The molecular formula is C17H19ClN2O3. The van der Waals surface area contributed by atoms with E-state index < -0.39 is 12.2 Å². The molecule has 0 saturated heterocycles. The molecular weight excluding hydrogens is 316 g/mol. The minimum atomic E-state index is -0.621. The summed E-state index contributed by atoms with van der Waals surface area (Å²) >= 11 is 5.54. The molecule has 0 bridgehead atoms. The van der Waals surface area contributed by atoms with Crippen LogP contribution in [0.2, 0.25) is 0 Å². The summed E-state index contributed by atoms with van der Waals surface area (Å²) < 4.78 is 5.16. The third-order valence-corrected chi connectivity index (χ3v) is 3.40. The fourth-order valence-electron chi connectivity index (χ4n) is 1.87. The second-order valence-corrected chi connectivity index (χ2v) is 5.27. The highest BCUT2D eigenvalue weighted by molar-refractivity contribution is 6.18. The van der Waals surface area contributed by atoms with Gasteiger partial charge in [0, 0.05) is 17.9 Å². The third-order valence-electron chi connectivity index (χ3n) is 3.04. The molecule has 0 radical (unpaired) electrons. The molecule has 1 amide bonds. The Labute approximate surface area is 140 Å². The maximum atomic E-state index is 11.8. The number of aliphatic hydroxyl groups excluding tert-OH is 1. The Hall–Kier alpha value is -2.24. The molecule has 0 aliphatic heterocycles. The van der Waals surface area contributed by atoms with Crippen LogP contribution in [-0.2, 0) is 11.3 Å². The number of benzene rings is 2. The predicted molar refractivity (Wildman–Crippen MR) is 91.9 cm³/mol. The lowest BCUT2D eigenvalue weighted by Gasteiger charge is -2.12. The van der Waals surface area contributed by atoms with Gasteiger partial charge < -0.3 is 15.2 Å². The van der Waals surface area contributed by atoms with E-state index >= 15 is 0 Å². The summed E-state index contributed by atoms with van der Waals surface area (Å²) in [5.74, 6) is 0.163. The molecule has 5 nitrogen and oxygen atoms in total. The van der Waals surface area contributed by atoms with Gasteiger partial charge >= 0.3 is 6.09 Å². The summed E-state index contributed by atoms with van der Waals surface area (Å²) in [6, 6.07) is 16.6. The van der Waals surface area contributed by atoms with Crippen LogP contribution in [0.3, 0.4) is 0 Å². The molecule has 0 heterocycles. The van der Waals surface area contributed by atoms with Gasteiger partial charge in [-0.15, -0.1) is 11.6 Å². The molecule has 23 heavy (non-hydrogen) atoms. The van der Waals surface area contributed by atoms with E-state index in [1.165, 1.54) is 0 Å². The molecule has 0 aliphatic carbocycles. The molecule has 1 unspecified atom stereocenters. The summed E-state index contributed by atoms with van der Waals surface area (Å²) in [5, 5.41) is 15.1. The van der Waals surface area contributed by atoms with Crippen LogP contribution in [0.15, 0.2) is 54.6 Å². The van der Waals surface area contributed by atoms with E-state index in [0.29, 0.717) is 12.2 Å². The molecule has 2 rings (SSSR count). The molecule has 3 N–H and O–H groups in total. The van der Waals surface area contributed by atoms with Crippen LogP contribution >= 0.6 is 11.6 Å². The fraction of sp³-hybridized carbons (Fsp3) is 0.235. The number of carbonyl (C=O) groups excluding carboxylic acids is 1. The largest absolute Gasteiger partial charge is 0.444 e. The normalized spacial score (nSPS) is 11.6. The van der Waals surface area contributed by atoms with Gasteiger partial charge in [-0.3, -0.25) is 5.32 Å². The van der Waals surface area contributed by atoms with Crippen LogP contribution in [-0.4, -0.2) is 29.7 Å². The number of hydrogen-bond acceptors (Lipinski definition) is 4. The number of halogens is 1. The standard InChI is InChI=1S/C17H19ClN2O3/c18-10-16(21)11-19-14-7-4-8-15(9-14)20-17(22)23-12-13-5-2-1-3-6-13/h1-9,16,19,21H,10-12H2,(H,20,22). The van der Waals surface area contributed by atoms with Crippen molar-refractivity contribution in [2.24, 2.45) is 0 Å². The second-order valence-electron chi connectivity index (χ2n) is 4.96. The number of ether oxygens (including phenoxy) is 1. The summed E-state index contributed by atoms with van der Waals surface area (Å²) in [4.78, 5) is 11.8. The average molecular weight is 335 g/mol. The van der Waals surface area contributed by atoms with E-state index in [9.17, 15) is 9.90 Å². The number of aliphatic hydroxyl groups is 1. The molecule has 2 aromatic carbocycles. The number of amides is 1. The Balaban J connectivity index is 1.83. The fourth-order valence-corrected chi connectivity index (χ4v) is 1.98. The highest BCUT2D eigenvalue weighted by Crippen LogP contribution is 2.15. The zero-order valence-corrected chi connectivity index (χ0v) is 13.3. The number of hydrogen-bond donors (Lipinski definition) is 3. The Kier molecular flexibility index (Phi) is 6.72. The third kappa shape index (κ3) is 6.18. The molecule has 0 aromatic heterocycles. The first-order chi connectivity index (χ1) is 11.2. The van der Waals surface area contributed by atoms with Gasteiger partial charge in [-0.05, 0) is 23.8 Å². The summed E-state index contributed by atoms with van der Waals surface area (Å²) in [6.45, 7) is 0.554. The smallest absolute Gasteiger partial charge is 0.411 e. The van der Waals surface area contributed by atoms with Crippen LogP contribution in [0.25, 0.3) is 0 Å². The van der Waals surface area contributed by atoms with Crippen LogP contribution < -0.4 is 10.6 Å². The van der Waals surface area contributed by atoms with Gasteiger partial charge in [0.25, 0.3) is 0 Å². The van der Waals surface area contributed by atoms with Crippen molar-refractivity contribution in [2.45, 2.75) is 12.7 Å². The van der Waals surface area contributed by atoms with Crippen molar-refractivity contribution in [3.63, 3.8) is 0 Å². The SMILES string of the molecule is O=C(Nc1cccc(NCC(O)CCl)c1)OCc1ccccc1. The molecule has 0 spiro atoms. The summed E-state index contributed by atoms with van der Waals surface area (Å²) in [7, 11) is 0. The maximum Gasteiger partial charge on any atom is 0.411 e. The van der Waals surface area contributed by atoms with Crippen LogP contribution in [0.1, 0.15) is 5.56 Å². The van der Waals surface area contributed by atoms with Crippen molar-refractivity contribution in [2.75, 3.05) is 23.1 Å². The van der Waals surface area contributed by atoms with Gasteiger partial charge in [0.2, 0.25) is 0 Å². The number of alkyl halides is 1. The van der Waals surface area contributed by atoms with Crippen LogP contribution in [0, 0.1) is 0 Å². The summed E-state index contributed by atoms with van der Waals surface area (Å²) in [6.07, 6.45) is -1.14. The zero-order valence-electron chi connectivity index (χ0n) is 12.5. The highest BCUT2D eigenvalue weighted by atomic mass is 35.5. The van der Waals surface area contributed by atoms with Crippen molar-refractivity contribution < 1.29 is 14.6 Å². The number of nitrogens with one attached hydrogen (secondary N) is 2. The van der Waals surface area contributed by atoms with Gasteiger partial charge in [-0.2, -0.15) is 0 Å². The minimum Gasteiger partial charge on any atom is -0.444 e. The van der Waals surface area contributed by atoms with E-state index in [0.717, 1.165) is 11.3 Å². The Morgan fingerprint density at radius 2 is 1.87 bits per heavy atom. The Morgan fingerprint density at radius 3 is 2.61 bits per heavy atom. The molecule has 2 aromatic rings. The van der Waals surface area contributed by atoms with Crippen LogP contribution in [0.4, 0.5) is 16.2 Å². The average Bonchev–Trinajstić information content (AvgIpc) is 2.59. The molecule has 6 heteroatoms. The van der Waals surface area contributed by atoms with E-state index in [-0.39, 0.29) is 12.5 Å². The van der Waals surface area contributed by atoms with Crippen LogP contribution in [0.5, 0.6) is 0 Å². The highest BCUT2D eigenvalue weighted by Gasteiger charge is 2.05. The molecule has 122 valence electrons. The van der Waals surface area contributed by atoms with E-state index in [4.69, 9.17) is 16.3 Å². The zero-order chi connectivity index (χ0) is 16.5. The van der Waals surface area contributed by atoms with Gasteiger partial charge in [0.05, 0.1) is 12.0 Å². The summed E-state index contributed by atoms with van der Waals surface area (Å²) in [5.41, 5.74) is 2.30. The Morgan fingerprint density at radius 1 is 1.13 bits per heavy atom. The monoisotopic (exact) mass is 334 g/mol. The number of rotatable bonds is 7.